The molecule has 0 aliphatic carbocycles. The minimum absolute atomic E-state index is 0.483. The first-order valence-electron chi connectivity index (χ1n) is 7.38. The molecule has 1 saturated heterocycles. The Bertz CT molecular complexity index is 741. The number of rotatable bonds is 2. The van der Waals surface area contributed by atoms with E-state index in [1.165, 1.54) is 18.7 Å². The predicted molar refractivity (Wildman–Crippen MR) is 78.9 cm³/mol. The lowest BCUT2D eigenvalue weighted by Crippen LogP contribution is -2.35. The Morgan fingerprint density at radius 1 is 1.35 bits per heavy atom. The van der Waals surface area contributed by atoms with E-state index in [2.05, 4.69) is 32.7 Å². The number of hydrogen-bond acceptors (Lipinski definition) is 3. The van der Waals surface area contributed by atoms with Crippen molar-refractivity contribution in [3.05, 3.63) is 30.5 Å². The summed E-state index contributed by atoms with van der Waals surface area (Å²) in [6.07, 6.45) is 8.22. The molecule has 0 unspecified atom stereocenters. The van der Waals surface area contributed by atoms with E-state index < -0.39 is 0 Å². The van der Waals surface area contributed by atoms with Gasteiger partial charge >= 0.3 is 0 Å². The Hall–Kier alpha value is -1.88. The molecule has 5 heteroatoms. The molecule has 0 aromatic carbocycles. The molecule has 4 rings (SSSR count). The molecule has 5 nitrogen and oxygen atoms in total. The van der Waals surface area contributed by atoms with Crippen molar-refractivity contribution in [2.45, 2.75) is 25.7 Å². The van der Waals surface area contributed by atoms with Gasteiger partial charge in [0.2, 0.25) is 0 Å². The number of aromatic amines is 1. The minimum Gasteiger partial charge on any atom is -0.345 e. The molecule has 3 aromatic rings. The van der Waals surface area contributed by atoms with Gasteiger partial charge in [0.25, 0.3) is 0 Å². The summed E-state index contributed by atoms with van der Waals surface area (Å²) in [7, 11) is 0. The topological polar surface area (TPSA) is 58.0 Å². The molecule has 1 fully saturated rings. The SMILES string of the molecule is CC[C@H]1CCNC[C@H]1c1ncc2cnc3[nH]ccc3n12. The van der Waals surface area contributed by atoms with Crippen LogP contribution in [0, 0.1) is 5.92 Å². The first-order chi connectivity index (χ1) is 9.88. The van der Waals surface area contributed by atoms with E-state index in [1.54, 1.807) is 0 Å². The van der Waals surface area contributed by atoms with Crippen molar-refractivity contribution < 1.29 is 0 Å². The zero-order valence-electron chi connectivity index (χ0n) is 11.6. The Morgan fingerprint density at radius 2 is 2.25 bits per heavy atom. The van der Waals surface area contributed by atoms with Crippen molar-refractivity contribution in [3.63, 3.8) is 0 Å². The van der Waals surface area contributed by atoms with Crippen LogP contribution >= 0.6 is 0 Å². The van der Waals surface area contributed by atoms with Crippen LogP contribution in [0.2, 0.25) is 0 Å². The average Bonchev–Trinajstić information content (AvgIpc) is 3.12. The van der Waals surface area contributed by atoms with Gasteiger partial charge in [0.05, 0.1) is 23.4 Å². The zero-order chi connectivity index (χ0) is 13.5. The third-order valence-electron chi connectivity index (χ3n) is 4.57. The summed E-state index contributed by atoms with van der Waals surface area (Å²) in [5.74, 6) is 2.37. The third-order valence-corrected chi connectivity index (χ3v) is 4.57. The maximum absolute atomic E-state index is 4.72. The normalized spacial score (nSPS) is 23.6. The van der Waals surface area contributed by atoms with E-state index in [-0.39, 0.29) is 0 Å². The number of aromatic nitrogens is 4. The van der Waals surface area contributed by atoms with Gasteiger partial charge in [-0.3, -0.25) is 4.40 Å². The molecular formula is C15H19N5. The molecule has 0 bridgehead atoms. The first-order valence-corrected chi connectivity index (χ1v) is 7.38. The van der Waals surface area contributed by atoms with Gasteiger partial charge < -0.3 is 10.3 Å². The molecule has 2 N–H and O–H groups in total. The van der Waals surface area contributed by atoms with Gasteiger partial charge in [0.15, 0.2) is 5.65 Å². The van der Waals surface area contributed by atoms with E-state index in [4.69, 9.17) is 4.98 Å². The number of H-pyrrole nitrogens is 1. The summed E-state index contributed by atoms with van der Waals surface area (Å²) in [6.45, 7) is 4.43. The van der Waals surface area contributed by atoms with Crippen LogP contribution in [0.3, 0.4) is 0 Å². The molecule has 20 heavy (non-hydrogen) atoms. The number of nitrogens with zero attached hydrogens (tertiary/aromatic N) is 3. The van der Waals surface area contributed by atoms with Crippen molar-refractivity contribution >= 4 is 16.7 Å². The fourth-order valence-corrected chi connectivity index (χ4v) is 3.47. The van der Waals surface area contributed by atoms with E-state index in [0.717, 1.165) is 29.8 Å². The highest BCUT2D eigenvalue weighted by atomic mass is 15.1. The summed E-state index contributed by atoms with van der Waals surface area (Å²) in [5, 5.41) is 3.52. The Morgan fingerprint density at radius 3 is 3.15 bits per heavy atom. The lowest BCUT2D eigenvalue weighted by Gasteiger charge is -2.30. The first kappa shape index (κ1) is 11.9. The number of fused-ring (bicyclic) bond motifs is 3. The third kappa shape index (κ3) is 1.66. The smallest absolute Gasteiger partial charge is 0.154 e. The standard InChI is InChI=1S/C15H19N5/c1-2-10-3-5-16-9-12(10)15-19-8-11-7-18-14-13(20(11)15)4-6-17-14/h4,6-8,10,12,16-17H,2-3,5,9H2,1H3/t10-,12+/m0/s1. The molecular weight excluding hydrogens is 250 g/mol. The van der Waals surface area contributed by atoms with Gasteiger partial charge in [-0.2, -0.15) is 0 Å². The second-order valence-corrected chi connectivity index (χ2v) is 5.61. The molecule has 0 saturated carbocycles. The van der Waals surface area contributed by atoms with Crippen LogP contribution in [0.5, 0.6) is 0 Å². The maximum Gasteiger partial charge on any atom is 0.154 e. The summed E-state index contributed by atoms with van der Waals surface area (Å²) in [5.41, 5.74) is 3.12. The highest BCUT2D eigenvalue weighted by molar-refractivity contribution is 5.75. The summed E-state index contributed by atoms with van der Waals surface area (Å²) in [6, 6.07) is 2.08. The molecule has 0 amide bonds. The monoisotopic (exact) mass is 269 g/mol. The molecule has 0 spiro atoms. The van der Waals surface area contributed by atoms with Crippen LogP contribution in [0.15, 0.2) is 24.7 Å². The van der Waals surface area contributed by atoms with E-state index in [0.29, 0.717) is 11.8 Å². The van der Waals surface area contributed by atoms with Crippen LogP contribution in [-0.4, -0.2) is 32.4 Å². The lowest BCUT2D eigenvalue weighted by molar-refractivity contribution is 0.306. The number of piperidine rings is 1. The minimum atomic E-state index is 0.483. The van der Waals surface area contributed by atoms with Crippen molar-refractivity contribution in [2.24, 2.45) is 5.92 Å². The van der Waals surface area contributed by atoms with Crippen LogP contribution in [0.25, 0.3) is 16.7 Å². The number of nitrogens with one attached hydrogen (secondary N) is 2. The molecule has 1 aliphatic heterocycles. The quantitative estimate of drug-likeness (QED) is 0.750. The van der Waals surface area contributed by atoms with Gasteiger partial charge in [-0.25, -0.2) is 9.97 Å². The number of hydrogen-bond donors (Lipinski definition) is 2. The van der Waals surface area contributed by atoms with Crippen LogP contribution < -0.4 is 5.32 Å². The maximum atomic E-state index is 4.72. The van der Waals surface area contributed by atoms with Gasteiger partial charge in [-0.1, -0.05) is 13.3 Å². The van der Waals surface area contributed by atoms with E-state index in [1.807, 2.05) is 18.6 Å². The fraction of sp³-hybridized carbons (Fsp3) is 0.467. The molecule has 2 atom stereocenters. The van der Waals surface area contributed by atoms with Crippen LogP contribution in [-0.2, 0) is 0 Å². The summed E-state index contributed by atoms with van der Waals surface area (Å²) < 4.78 is 2.26. The lowest BCUT2D eigenvalue weighted by atomic mass is 9.84. The highest BCUT2D eigenvalue weighted by Gasteiger charge is 2.28. The fourth-order valence-electron chi connectivity index (χ4n) is 3.47. The Kier molecular flexibility index (Phi) is 2.73. The summed E-state index contributed by atoms with van der Waals surface area (Å²) in [4.78, 5) is 12.3. The highest BCUT2D eigenvalue weighted by Crippen LogP contribution is 2.32. The van der Waals surface area contributed by atoms with Crippen molar-refractivity contribution in [1.29, 1.82) is 0 Å². The largest absolute Gasteiger partial charge is 0.345 e. The zero-order valence-corrected chi connectivity index (χ0v) is 11.6. The second kappa shape index (κ2) is 4.59. The molecule has 4 heterocycles. The molecule has 104 valence electrons. The van der Waals surface area contributed by atoms with Gasteiger partial charge in [0, 0.05) is 18.7 Å². The molecule has 1 aliphatic rings. The van der Waals surface area contributed by atoms with Crippen LogP contribution in [0.1, 0.15) is 31.5 Å². The molecule has 3 aromatic heterocycles. The van der Waals surface area contributed by atoms with E-state index in [9.17, 15) is 0 Å². The average molecular weight is 269 g/mol. The van der Waals surface area contributed by atoms with Crippen molar-refractivity contribution in [1.82, 2.24) is 24.7 Å². The van der Waals surface area contributed by atoms with Gasteiger partial charge in [0.1, 0.15) is 5.82 Å². The van der Waals surface area contributed by atoms with Gasteiger partial charge in [-0.05, 0) is 24.9 Å². The van der Waals surface area contributed by atoms with Crippen LogP contribution in [0.4, 0.5) is 0 Å². The van der Waals surface area contributed by atoms with Gasteiger partial charge in [-0.15, -0.1) is 0 Å². The Labute approximate surface area is 117 Å². The summed E-state index contributed by atoms with van der Waals surface area (Å²) >= 11 is 0. The van der Waals surface area contributed by atoms with Crippen molar-refractivity contribution in [3.8, 4) is 0 Å². The Balaban J connectivity index is 1.92. The molecule has 0 radical (unpaired) electrons. The second-order valence-electron chi connectivity index (χ2n) is 5.61. The predicted octanol–water partition coefficient (Wildman–Crippen LogP) is 2.31. The van der Waals surface area contributed by atoms with Crippen molar-refractivity contribution in [2.75, 3.05) is 13.1 Å². The van der Waals surface area contributed by atoms with E-state index >= 15 is 0 Å². The number of imidazole rings is 1.